The van der Waals surface area contributed by atoms with E-state index in [1.54, 1.807) is 6.08 Å². The molecule has 0 saturated carbocycles. The second-order valence-corrected chi connectivity index (χ2v) is 8.56. The van der Waals surface area contributed by atoms with E-state index in [4.69, 9.17) is 9.84 Å². The Morgan fingerprint density at radius 2 is 1.72 bits per heavy atom. The molecule has 0 fully saturated rings. The van der Waals surface area contributed by atoms with Crippen LogP contribution in [0.2, 0.25) is 0 Å². The molecule has 2 aromatic heterocycles. The van der Waals surface area contributed by atoms with Crippen LogP contribution in [0, 0.1) is 0 Å². The van der Waals surface area contributed by atoms with Gasteiger partial charge in [-0.25, -0.2) is 4.79 Å². The Hall–Kier alpha value is -4.64. The van der Waals surface area contributed by atoms with Crippen LogP contribution in [0.1, 0.15) is 22.4 Å². The zero-order chi connectivity index (χ0) is 24.7. The third-order valence-electron chi connectivity index (χ3n) is 6.07. The predicted octanol–water partition coefficient (Wildman–Crippen LogP) is 6.49. The van der Waals surface area contributed by atoms with E-state index < -0.39 is 5.97 Å². The quantitative estimate of drug-likeness (QED) is 0.248. The molecule has 1 N–H and O–H groups in total. The Kier molecular flexibility index (Phi) is 6.90. The molecule has 0 aliphatic carbocycles. The lowest BCUT2D eigenvalue weighted by molar-refractivity contribution is -0.131. The van der Waals surface area contributed by atoms with Crippen molar-refractivity contribution in [3.05, 3.63) is 132 Å². The number of carbonyl (C=O) groups is 1. The standard InChI is InChI=1S/C31H26N2O3/c34-31(35)18-10-23-9-17-30-29(20-23)25(11-12-26-8-4-5-19-32-26)21-33(30)27-13-15-28(16-14-27)36-22-24-6-2-1-3-7-24/h1-10,13-21H,11-12,22H2,(H,34,35)/b18-10+. The molecule has 0 aliphatic heterocycles. The van der Waals surface area contributed by atoms with Crippen LogP contribution < -0.4 is 4.74 Å². The molecule has 0 unspecified atom stereocenters. The smallest absolute Gasteiger partial charge is 0.328 e. The zero-order valence-corrected chi connectivity index (χ0v) is 19.7. The minimum Gasteiger partial charge on any atom is -0.489 e. The first-order valence-electron chi connectivity index (χ1n) is 11.9. The summed E-state index contributed by atoms with van der Waals surface area (Å²) in [5, 5.41) is 10.1. The molecule has 3 aromatic carbocycles. The molecule has 36 heavy (non-hydrogen) atoms. The van der Waals surface area contributed by atoms with Crippen LogP contribution in [0.4, 0.5) is 0 Å². The van der Waals surface area contributed by atoms with E-state index in [2.05, 4.69) is 33.9 Å². The summed E-state index contributed by atoms with van der Waals surface area (Å²) < 4.78 is 8.13. The molecule has 0 saturated heterocycles. The van der Waals surface area contributed by atoms with E-state index in [1.165, 1.54) is 11.6 Å². The fraction of sp³-hybridized carbons (Fsp3) is 0.0968. The molecular weight excluding hydrogens is 448 g/mol. The Balaban J connectivity index is 1.43. The highest BCUT2D eigenvalue weighted by atomic mass is 16.5. The van der Waals surface area contributed by atoms with Crippen LogP contribution in [0.3, 0.4) is 0 Å². The average Bonchev–Trinajstić information content (AvgIpc) is 3.29. The second kappa shape index (κ2) is 10.7. The topological polar surface area (TPSA) is 64.3 Å². The molecular formula is C31H26N2O3. The molecule has 2 heterocycles. The van der Waals surface area contributed by atoms with Crippen LogP contribution in [-0.4, -0.2) is 20.6 Å². The number of rotatable bonds is 9. The molecule has 0 aliphatic rings. The molecule has 0 spiro atoms. The number of fused-ring (bicyclic) bond motifs is 1. The van der Waals surface area contributed by atoms with E-state index in [9.17, 15) is 4.79 Å². The van der Waals surface area contributed by atoms with E-state index in [0.717, 1.165) is 52.0 Å². The molecule has 0 atom stereocenters. The van der Waals surface area contributed by atoms with Crippen molar-refractivity contribution in [2.75, 3.05) is 0 Å². The first kappa shape index (κ1) is 23.1. The fourth-order valence-electron chi connectivity index (χ4n) is 4.25. The van der Waals surface area contributed by atoms with Crippen LogP contribution >= 0.6 is 0 Å². The highest BCUT2D eigenvalue weighted by Crippen LogP contribution is 2.28. The molecule has 0 radical (unpaired) electrons. The maximum atomic E-state index is 11.0. The van der Waals surface area contributed by atoms with Crippen molar-refractivity contribution < 1.29 is 14.6 Å². The molecule has 5 aromatic rings. The van der Waals surface area contributed by atoms with Crippen molar-refractivity contribution in [1.82, 2.24) is 9.55 Å². The first-order chi connectivity index (χ1) is 17.7. The average molecular weight is 475 g/mol. The van der Waals surface area contributed by atoms with Crippen molar-refractivity contribution in [1.29, 1.82) is 0 Å². The van der Waals surface area contributed by atoms with Gasteiger partial charge in [-0.15, -0.1) is 0 Å². The van der Waals surface area contributed by atoms with Crippen molar-refractivity contribution in [2.24, 2.45) is 0 Å². The maximum absolute atomic E-state index is 11.0. The number of pyridine rings is 1. The number of carboxylic acid groups (broad SMARTS) is 1. The van der Waals surface area contributed by atoms with E-state index >= 15 is 0 Å². The van der Waals surface area contributed by atoms with Gasteiger partial charge in [-0.05, 0) is 84.1 Å². The zero-order valence-electron chi connectivity index (χ0n) is 19.7. The largest absolute Gasteiger partial charge is 0.489 e. The number of benzene rings is 3. The normalized spacial score (nSPS) is 11.2. The lowest BCUT2D eigenvalue weighted by Crippen LogP contribution is -1.96. The third-order valence-corrected chi connectivity index (χ3v) is 6.07. The van der Waals surface area contributed by atoms with Gasteiger partial charge in [0.1, 0.15) is 12.4 Å². The number of hydrogen-bond donors (Lipinski definition) is 1. The van der Waals surface area contributed by atoms with Gasteiger partial charge < -0.3 is 14.4 Å². The lowest BCUT2D eigenvalue weighted by Gasteiger charge is -2.09. The third kappa shape index (κ3) is 5.53. The van der Waals surface area contributed by atoms with Gasteiger partial charge >= 0.3 is 5.97 Å². The van der Waals surface area contributed by atoms with Gasteiger partial charge in [0.2, 0.25) is 0 Å². The maximum Gasteiger partial charge on any atom is 0.328 e. The summed E-state index contributed by atoms with van der Waals surface area (Å²) in [4.78, 5) is 15.5. The molecule has 0 amide bonds. The number of aliphatic carboxylic acids is 1. The highest BCUT2D eigenvalue weighted by molar-refractivity contribution is 5.90. The highest BCUT2D eigenvalue weighted by Gasteiger charge is 2.11. The van der Waals surface area contributed by atoms with Crippen LogP contribution in [0.25, 0.3) is 22.7 Å². The van der Waals surface area contributed by atoms with Crippen LogP contribution in [0.15, 0.2) is 109 Å². The van der Waals surface area contributed by atoms with Gasteiger partial charge in [0.25, 0.3) is 0 Å². The van der Waals surface area contributed by atoms with E-state index in [1.807, 2.05) is 79.0 Å². The number of aromatic nitrogens is 2. The number of nitrogens with zero attached hydrogens (tertiary/aromatic N) is 2. The number of hydrogen-bond acceptors (Lipinski definition) is 3. The van der Waals surface area contributed by atoms with E-state index in [-0.39, 0.29) is 0 Å². The van der Waals surface area contributed by atoms with Crippen LogP contribution in [0.5, 0.6) is 5.75 Å². The van der Waals surface area contributed by atoms with Crippen molar-refractivity contribution >= 4 is 22.9 Å². The summed E-state index contributed by atoms with van der Waals surface area (Å²) in [6.07, 6.45) is 8.42. The predicted molar refractivity (Wildman–Crippen MR) is 142 cm³/mol. The Bertz CT molecular complexity index is 1490. The first-order valence-corrected chi connectivity index (χ1v) is 11.9. The lowest BCUT2D eigenvalue weighted by atomic mass is 10.0. The minimum atomic E-state index is -0.961. The minimum absolute atomic E-state index is 0.525. The molecule has 0 bridgehead atoms. The number of ether oxygens (including phenoxy) is 1. The molecule has 5 heteroatoms. The van der Waals surface area contributed by atoms with Gasteiger partial charge in [-0.2, -0.15) is 0 Å². The number of carboxylic acids is 1. The Labute approximate surface area is 209 Å². The molecule has 178 valence electrons. The SMILES string of the molecule is O=C(O)/C=C/c1ccc2c(c1)c(CCc1ccccn1)cn2-c1ccc(OCc2ccccc2)cc1. The molecule has 5 rings (SSSR count). The van der Waals surface area contributed by atoms with Crippen molar-refractivity contribution in [2.45, 2.75) is 19.4 Å². The Morgan fingerprint density at radius 3 is 2.47 bits per heavy atom. The van der Waals surface area contributed by atoms with E-state index in [0.29, 0.717) is 6.61 Å². The fourth-order valence-corrected chi connectivity index (χ4v) is 4.25. The van der Waals surface area contributed by atoms with Gasteiger partial charge in [0, 0.05) is 35.2 Å². The number of aryl methyl sites for hydroxylation is 2. The van der Waals surface area contributed by atoms with Gasteiger partial charge in [0.15, 0.2) is 0 Å². The molecule has 5 nitrogen and oxygen atoms in total. The second-order valence-electron chi connectivity index (χ2n) is 8.56. The van der Waals surface area contributed by atoms with Crippen molar-refractivity contribution in [3.63, 3.8) is 0 Å². The monoisotopic (exact) mass is 474 g/mol. The summed E-state index contributed by atoms with van der Waals surface area (Å²) >= 11 is 0. The summed E-state index contributed by atoms with van der Waals surface area (Å²) in [7, 11) is 0. The Morgan fingerprint density at radius 1 is 0.917 bits per heavy atom. The van der Waals surface area contributed by atoms with Gasteiger partial charge in [-0.3, -0.25) is 4.98 Å². The summed E-state index contributed by atoms with van der Waals surface area (Å²) in [6.45, 7) is 0.525. The summed E-state index contributed by atoms with van der Waals surface area (Å²) in [5.74, 6) is -0.145. The van der Waals surface area contributed by atoms with Gasteiger partial charge in [0.05, 0.1) is 5.52 Å². The van der Waals surface area contributed by atoms with Crippen molar-refractivity contribution in [3.8, 4) is 11.4 Å². The van der Waals surface area contributed by atoms with Gasteiger partial charge in [-0.1, -0.05) is 42.5 Å². The van der Waals surface area contributed by atoms with Crippen LogP contribution in [-0.2, 0) is 24.2 Å². The summed E-state index contributed by atoms with van der Waals surface area (Å²) in [5.41, 5.74) is 6.31. The summed E-state index contributed by atoms with van der Waals surface area (Å²) in [6, 6.07) is 30.2.